The van der Waals surface area contributed by atoms with E-state index in [0.717, 1.165) is 39.1 Å². The lowest BCUT2D eigenvalue weighted by Gasteiger charge is -2.09. The average molecular weight is 448 g/mol. The summed E-state index contributed by atoms with van der Waals surface area (Å²) in [4.78, 5) is 9.58. The molecule has 3 heteroatoms. The number of hydrogen-bond acceptors (Lipinski definition) is 2. The number of nitrogens with zero attached hydrogens (tertiary/aromatic N) is 3. The van der Waals surface area contributed by atoms with Gasteiger partial charge in [0, 0.05) is 40.0 Å². The quantitative estimate of drug-likeness (QED) is 0.274. The minimum absolute atomic E-state index is 0.959. The normalized spacial score (nSPS) is 11.4. The molecule has 0 amide bonds. The van der Waals surface area contributed by atoms with Gasteiger partial charge in [-0.05, 0) is 58.8 Å². The van der Waals surface area contributed by atoms with Crippen molar-refractivity contribution in [2.45, 2.75) is 0 Å². The molecule has 0 aliphatic heterocycles. The van der Waals surface area contributed by atoms with Gasteiger partial charge in [0.2, 0.25) is 0 Å². The second kappa shape index (κ2) is 7.93. The van der Waals surface area contributed by atoms with Crippen LogP contribution in [-0.4, -0.2) is 14.5 Å². The fourth-order valence-electron chi connectivity index (χ4n) is 5.05. The first-order valence-corrected chi connectivity index (χ1v) is 11.8. The third-order valence-electron chi connectivity index (χ3n) is 6.70. The van der Waals surface area contributed by atoms with Crippen LogP contribution in [0.5, 0.6) is 0 Å². The Morgan fingerprint density at radius 3 is 2.23 bits per heavy atom. The van der Waals surface area contributed by atoms with E-state index in [1.54, 1.807) is 0 Å². The van der Waals surface area contributed by atoms with Gasteiger partial charge >= 0.3 is 0 Å². The van der Waals surface area contributed by atoms with Gasteiger partial charge in [-0.15, -0.1) is 0 Å². The first kappa shape index (κ1) is 19.7. The van der Waals surface area contributed by atoms with Crippen LogP contribution in [0.3, 0.4) is 0 Å². The predicted molar refractivity (Wildman–Crippen MR) is 145 cm³/mol. The summed E-state index contributed by atoms with van der Waals surface area (Å²) in [6.07, 6.45) is 3.84. The van der Waals surface area contributed by atoms with Crippen molar-refractivity contribution in [2.75, 3.05) is 0 Å². The summed E-state index contributed by atoms with van der Waals surface area (Å²) in [6.45, 7) is 0. The van der Waals surface area contributed by atoms with E-state index in [4.69, 9.17) is 9.97 Å². The maximum atomic E-state index is 4.86. The van der Waals surface area contributed by atoms with Gasteiger partial charge in [0.05, 0.1) is 11.2 Å². The average Bonchev–Trinajstić information content (AvgIpc) is 3.27. The third kappa shape index (κ3) is 3.21. The van der Waals surface area contributed by atoms with Gasteiger partial charge in [-0.25, -0.2) is 4.98 Å². The number of aromatic nitrogens is 3. The zero-order chi connectivity index (χ0) is 23.2. The number of fused-ring (bicyclic) bond motifs is 4. The first-order chi connectivity index (χ1) is 17.4. The molecule has 164 valence electrons. The molecule has 0 bridgehead atoms. The molecule has 7 aromatic rings. The topological polar surface area (TPSA) is 30.7 Å². The summed E-state index contributed by atoms with van der Waals surface area (Å²) in [5, 5.41) is 4.80. The van der Waals surface area contributed by atoms with E-state index in [0.29, 0.717) is 0 Å². The Balaban J connectivity index is 1.35. The maximum Gasteiger partial charge on any atom is 0.145 e. The van der Waals surface area contributed by atoms with Crippen LogP contribution in [0, 0.1) is 0 Å². The van der Waals surface area contributed by atoms with Crippen LogP contribution in [0.2, 0.25) is 0 Å². The Morgan fingerprint density at radius 1 is 0.543 bits per heavy atom. The molecule has 0 fully saturated rings. The summed E-state index contributed by atoms with van der Waals surface area (Å²) >= 11 is 0. The molecule has 7 rings (SSSR count). The van der Waals surface area contributed by atoms with Crippen LogP contribution in [0.4, 0.5) is 0 Å². The van der Waals surface area contributed by atoms with Crippen molar-refractivity contribution in [3.05, 3.63) is 128 Å². The highest BCUT2D eigenvalue weighted by atomic mass is 15.0. The summed E-state index contributed by atoms with van der Waals surface area (Å²) in [6, 6.07) is 40.3. The summed E-state index contributed by atoms with van der Waals surface area (Å²) < 4.78 is 2.23. The molecule has 0 aliphatic carbocycles. The van der Waals surface area contributed by atoms with E-state index in [-0.39, 0.29) is 0 Å². The van der Waals surface area contributed by atoms with Crippen molar-refractivity contribution in [1.82, 2.24) is 14.5 Å². The number of para-hydroxylation sites is 1. The van der Waals surface area contributed by atoms with Crippen molar-refractivity contribution < 1.29 is 0 Å². The molecule has 0 saturated heterocycles. The molecule has 3 heterocycles. The number of pyridine rings is 2. The first-order valence-electron chi connectivity index (χ1n) is 11.8. The van der Waals surface area contributed by atoms with Gasteiger partial charge in [0.25, 0.3) is 0 Å². The molecule has 35 heavy (non-hydrogen) atoms. The number of hydrogen-bond donors (Lipinski definition) is 0. The Hall–Kier alpha value is -4.76. The van der Waals surface area contributed by atoms with Crippen LogP contribution in [0.15, 0.2) is 128 Å². The fraction of sp³-hybridized carbons (Fsp3) is 0. The molecule has 0 aliphatic rings. The minimum atomic E-state index is 0.959. The van der Waals surface area contributed by atoms with E-state index in [2.05, 4.69) is 108 Å². The molecule has 3 aromatic heterocycles. The summed E-state index contributed by atoms with van der Waals surface area (Å²) in [5.74, 6) is 0. The van der Waals surface area contributed by atoms with E-state index in [1.807, 2.05) is 24.5 Å². The SMILES string of the molecule is c1ccc(-n2c3ccc(-c4ccc(-c5cccc6ccccc56)cn4)cc3c3cccnc32)cc1. The Morgan fingerprint density at radius 2 is 1.34 bits per heavy atom. The monoisotopic (exact) mass is 447 g/mol. The van der Waals surface area contributed by atoms with Gasteiger partial charge in [-0.1, -0.05) is 72.8 Å². The largest absolute Gasteiger partial charge is 0.294 e. The highest BCUT2D eigenvalue weighted by Gasteiger charge is 2.14. The smallest absolute Gasteiger partial charge is 0.145 e. The summed E-state index contributed by atoms with van der Waals surface area (Å²) in [7, 11) is 0. The lowest BCUT2D eigenvalue weighted by Crippen LogP contribution is -1.94. The van der Waals surface area contributed by atoms with Crippen LogP contribution < -0.4 is 0 Å². The highest BCUT2D eigenvalue weighted by molar-refractivity contribution is 6.09. The molecule has 0 radical (unpaired) electrons. The van der Waals surface area contributed by atoms with Crippen molar-refractivity contribution in [3.8, 4) is 28.1 Å². The van der Waals surface area contributed by atoms with Crippen molar-refractivity contribution >= 4 is 32.7 Å². The lowest BCUT2D eigenvalue weighted by molar-refractivity contribution is 1.14. The number of benzene rings is 4. The highest BCUT2D eigenvalue weighted by Crippen LogP contribution is 2.34. The molecule has 3 nitrogen and oxygen atoms in total. The molecule has 0 atom stereocenters. The fourth-order valence-corrected chi connectivity index (χ4v) is 5.05. The Bertz CT molecular complexity index is 1830. The van der Waals surface area contributed by atoms with Crippen LogP contribution >= 0.6 is 0 Å². The number of rotatable bonds is 3. The zero-order valence-electron chi connectivity index (χ0n) is 19.0. The van der Waals surface area contributed by atoms with E-state index < -0.39 is 0 Å². The predicted octanol–water partition coefficient (Wildman–Crippen LogP) is 8.06. The standard InChI is InChI=1S/C32H21N3/c1-2-10-25(11-3-1)35-31-18-16-23(20-29(31)28-14-7-19-33-32(28)35)30-17-15-24(21-34-30)27-13-6-9-22-8-4-5-12-26(22)27/h1-21H. The van der Waals surface area contributed by atoms with Gasteiger partial charge in [-0.2, -0.15) is 0 Å². The Kier molecular flexibility index (Phi) is 4.46. The van der Waals surface area contributed by atoms with Gasteiger partial charge in [0.15, 0.2) is 0 Å². The molecule has 0 N–H and O–H groups in total. The third-order valence-corrected chi connectivity index (χ3v) is 6.70. The molecular formula is C32H21N3. The molecule has 0 unspecified atom stereocenters. The van der Waals surface area contributed by atoms with Crippen LogP contribution in [-0.2, 0) is 0 Å². The lowest BCUT2D eigenvalue weighted by atomic mass is 9.99. The van der Waals surface area contributed by atoms with Crippen LogP contribution in [0.25, 0.3) is 60.8 Å². The molecule has 0 spiro atoms. The maximum absolute atomic E-state index is 4.86. The van der Waals surface area contributed by atoms with E-state index in [9.17, 15) is 0 Å². The summed E-state index contributed by atoms with van der Waals surface area (Å²) in [5.41, 5.74) is 7.59. The second-order valence-corrected chi connectivity index (χ2v) is 8.74. The van der Waals surface area contributed by atoms with Crippen molar-refractivity contribution in [2.24, 2.45) is 0 Å². The van der Waals surface area contributed by atoms with Gasteiger partial charge in [0.1, 0.15) is 5.65 Å². The minimum Gasteiger partial charge on any atom is -0.294 e. The molecule has 4 aromatic carbocycles. The van der Waals surface area contributed by atoms with Gasteiger partial charge < -0.3 is 0 Å². The molecular weight excluding hydrogens is 426 g/mol. The van der Waals surface area contributed by atoms with Crippen molar-refractivity contribution in [3.63, 3.8) is 0 Å². The van der Waals surface area contributed by atoms with E-state index in [1.165, 1.54) is 21.7 Å². The molecule has 0 saturated carbocycles. The second-order valence-electron chi connectivity index (χ2n) is 8.74. The zero-order valence-corrected chi connectivity index (χ0v) is 19.0. The van der Waals surface area contributed by atoms with Crippen LogP contribution in [0.1, 0.15) is 0 Å². The Labute approximate surface area is 203 Å². The van der Waals surface area contributed by atoms with E-state index >= 15 is 0 Å². The van der Waals surface area contributed by atoms with Crippen molar-refractivity contribution in [1.29, 1.82) is 0 Å². The van der Waals surface area contributed by atoms with Gasteiger partial charge in [-0.3, -0.25) is 9.55 Å².